The van der Waals surface area contributed by atoms with E-state index in [1.165, 1.54) is 0 Å². The van der Waals surface area contributed by atoms with Gasteiger partial charge in [-0.2, -0.15) is 0 Å². The first-order chi connectivity index (χ1) is 9.65. The second kappa shape index (κ2) is 4.78. The number of para-hydroxylation sites is 1. The molecule has 98 valence electrons. The van der Waals surface area contributed by atoms with Gasteiger partial charge in [-0.3, -0.25) is 4.79 Å². The Morgan fingerprint density at radius 3 is 2.45 bits per heavy atom. The zero-order valence-electron chi connectivity index (χ0n) is 11.0. The van der Waals surface area contributed by atoms with E-state index in [-0.39, 0.29) is 11.5 Å². The van der Waals surface area contributed by atoms with Crippen LogP contribution >= 0.6 is 0 Å². The number of phenols is 1. The molecule has 0 atom stereocenters. The van der Waals surface area contributed by atoms with Crippen LogP contribution in [0, 0.1) is 0 Å². The fourth-order valence-corrected chi connectivity index (χ4v) is 2.25. The lowest BCUT2D eigenvalue weighted by Gasteiger charge is -2.07. The van der Waals surface area contributed by atoms with Gasteiger partial charge in [-0.05, 0) is 43.3 Å². The van der Waals surface area contributed by atoms with Crippen LogP contribution in [-0.4, -0.2) is 15.9 Å². The number of pyridine rings is 1. The maximum absolute atomic E-state index is 11.8. The molecule has 0 aliphatic heterocycles. The molecule has 3 heteroatoms. The lowest BCUT2D eigenvalue weighted by molar-refractivity contribution is 0.101. The quantitative estimate of drug-likeness (QED) is 0.715. The normalized spacial score (nSPS) is 10.7. The van der Waals surface area contributed by atoms with Crippen molar-refractivity contribution in [1.82, 2.24) is 4.98 Å². The number of Topliss-reactive ketones (excluding diaryl/α,β-unsaturated/α-hetero) is 1. The summed E-state index contributed by atoms with van der Waals surface area (Å²) in [4.78, 5) is 16.4. The van der Waals surface area contributed by atoms with Gasteiger partial charge in [0.15, 0.2) is 5.78 Å². The Bertz CT molecular complexity index is 792. The van der Waals surface area contributed by atoms with Gasteiger partial charge < -0.3 is 5.11 Å². The summed E-state index contributed by atoms with van der Waals surface area (Å²) in [5.74, 6) is 0.227. The number of nitrogens with zero attached hydrogens (tertiary/aromatic N) is 1. The van der Waals surface area contributed by atoms with Crippen molar-refractivity contribution in [2.75, 3.05) is 0 Å². The Labute approximate surface area is 116 Å². The highest BCUT2D eigenvalue weighted by Crippen LogP contribution is 2.26. The van der Waals surface area contributed by atoms with Crippen molar-refractivity contribution in [1.29, 1.82) is 0 Å². The number of hydrogen-bond donors (Lipinski definition) is 1. The molecule has 0 amide bonds. The van der Waals surface area contributed by atoms with Crippen LogP contribution in [0.3, 0.4) is 0 Å². The molecule has 0 aliphatic rings. The average molecular weight is 263 g/mol. The van der Waals surface area contributed by atoms with Gasteiger partial charge in [0, 0.05) is 16.5 Å². The minimum Gasteiger partial charge on any atom is -0.508 e. The molecule has 3 rings (SSSR count). The predicted octanol–water partition coefficient (Wildman–Crippen LogP) is 3.81. The van der Waals surface area contributed by atoms with E-state index in [2.05, 4.69) is 4.98 Å². The van der Waals surface area contributed by atoms with Gasteiger partial charge in [-0.1, -0.05) is 18.2 Å². The van der Waals surface area contributed by atoms with Gasteiger partial charge in [0.2, 0.25) is 0 Å². The number of benzene rings is 2. The Morgan fingerprint density at radius 1 is 1.05 bits per heavy atom. The van der Waals surface area contributed by atoms with Crippen molar-refractivity contribution in [2.24, 2.45) is 0 Å². The molecule has 20 heavy (non-hydrogen) atoms. The first-order valence-corrected chi connectivity index (χ1v) is 6.35. The van der Waals surface area contributed by atoms with Crippen LogP contribution in [0.15, 0.2) is 54.6 Å². The Balaban J connectivity index is 2.27. The number of ketones is 1. The fraction of sp³-hybridized carbons (Fsp3) is 0.0588. The minimum atomic E-state index is 0.0172. The largest absolute Gasteiger partial charge is 0.508 e. The standard InChI is InChI=1S/C17H13NO2/c1-11(19)15-10-17(12-6-8-13(20)9-7-12)18-16-5-3-2-4-14(15)16/h2-10,20H,1H3. The van der Waals surface area contributed by atoms with Crippen LogP contribution in [0.25, 0.3) is 22.2 Å². The van der Waals surface area contributed by atoms with Crippen LogP contribution in [0.4, 0.5) is 0 Å². The van der Waals surface area contributed by atoms with Gasteiger partial charge in [0.05, 0.1) is 11.2 Å². The van der Waals surface area contributed by atoms with Crippen molar-refractivity contribution in [3.8, 4) is 17.0 Å². The molecule has 3 nitrogen and oxygen atoms in total. The van der Waals surface area contributed by atoms with Gasteiger partial charge in [0.25, 0.3) is 0 Å². The lowest BCUT2D eigenvalue weighted by Crippen LogP contribution is -1.97. The van der Waals surface area contributed by atoms with Gasteiger partial charge in [-0.15, -0.1) is 0 Å². The zero-order valence-corrected chi connectivity index (χ0v) is 11.0. The molecule has 0 aliphatic carbocycles. The summed E-state index contributed by atoms with van der Waals surface area (Å²) in [5, 5.41) is 10.2. The molecule has 2 aromatic carbocycles. The Hall–Kier alpha value is -2.68. The number of rotatable bonds is 2. The maximum atomic E-state index is 11.8. The number of carbonyl (C=O) groups excluding carboxylic acids is 1. The minimum absolute atomic E-state index is 0.0172. The molecular weight excluding hydrogens is 250 g/mol. The van der Waals surface area contributed by atoms with Crippen LogP contribution < -0.4 is 0 Å². The monoisotopic (exact) mass is 263 g/mol. The fourth-order valence-electron chi connectivity index (χ4n) is 2.25. The smallest absolute Gasteiger partial charge is 0.160 e. The van der Waals surface area contributed by atoms with Crippen LogP contribution in [0.2, 0.25) is 0 Å². The highest BCUT2D eigenvalue weighted by Gasteiger charge is 2.10. The van der Waals surface area contributed by atoms with E-state index in [9.17, 15) is 9.90 Å². The number of carbonyl (C=O) groups is 1. The van der Waals surface area contributed by atoms with Crippen molar-refractivity contribution in [3.05, 3.63) is 60.2 Å². The third kappa shape index (κ3) is 2.14. The van der Waals surface area contributed by atoms with Gasteiger partial charge >= 0.3 is 0 Å². The summed E-state index contributed by atoms with van der Waals surface area (Å²) in [5.41, 5.74) is 3.06. The van der Waals surface area contributed by atoms with Crippen LogP contribution in [-0.2, 0) is 0 Å². The summed E-state index contributed by atoms with van der Waals surface area (Å²) in [6.45, 7) is 1.56. The molecule has 0 radical (unpaired) electrons. The third-order valence-electron chi connectivity index (χ3n) is 3.26. The van der Waals surface area contributed by atoms with Crippen LogP contribution in [0.1, 0.15) is 17.3 Å². The molecule has 0 fully saturated rings. The van der Waals surface area contributed by atoms with Crippen molar-refractivity contribution >= 4 is 16.7 Å². The maximum Gasteiger partial charge on any atom is 0.160 e. The van der Waals surface area contributed by atoms with Crippen LogP contribution in [0.5, 0.6) is 5.75 Å². The molecule has 1 N–H and O–H groups in total. The average Bonchev–Trinajstić information content (AvgIpc) is 2.46. The second-order valence-electron chi connectivity index (χ2n) is 4.68. The van der Waals surface area contributed by atoms with Crippen molar-refractivity contribution in [2.45, 2.75) is 6.92 Å². The highest BCUT2D eigenvalue weighted by atomic mass is 16.3. The summed E-state index contributed by atoms with van der Waals surface area (Å²) in [7, 11) is 0. The number of aromatic hydroxyl groups is 1. The topological polar surface area (TPSA) is 50.2 Å². The number of aromatic nitrogens is 1. The summed E-state index contributed by atoms with van der Waals surface area (Å²) in [6, 6.07) is 16.2. The third-order valence-corrected chi connectivity index (χ3v) is 3.26. The molecule has 1 heterocycles. The van der Waals surface area contributed by atoms with Crippen molar-refractivity contribution in [3.63, 3.8) is 0 Å². The molecule has 0 spiro atoms. The van der Waals surface area contributed by atoms with E-state index < -0.39 is 0 Å². The van der Waals surface area contributed by atoms with Gasteiger partial charge in [-0.25, -0.2) is 4.98 Å². The first kappa shape index (κ1) is 12.4. The SMILES string of the molecule is CC(=O)c1cc(-c2ccc(O)cc2)nc2ccccc12. The first-order valence-electron chi connectivity index (χ1n) is 6.35. The molecule has 0 saturated heterocycles. The molecule has 0 bridgehead atoms. The molecular formula is C17H13NO2. The Kier molecular flexibility index (Phi) is 2.95. The lowest BCUT2D eigenvalue weighted by atomic mass is 10.0. The van der Waals surface area contributed by atoms with E-state index in [1.54, 1.807) is 37.3 Å². The van der Waals surface area contributed by atoms with E-state index in [0.717, 1.165) is 22.2 Å². The van der Waals surface area contributed by atoms with E-state index in [1.807, 2.05) is 24.3 Å². The second-order valence-corrected chi connectivity index (χ2v) is 4.68. The molecule has 1 aromatic heterocycles. The van der Waals surface area contributed by atoms with E-state index >= 15 is 0 Å². The summed E-state index contributed by atoms with van der Waals surface area (Å²) < 4.78 is 0. The molecule has 3 aromatic rings. The zero-order chi connectivity index (χ0) is 14.1. The van der Waals surface area contributed by atoms with Gasteiger partial charge in [0.1, 0.15) is 5.75 Å². The van der Waals surface area contributed by atoms with E-state index in [0.29, 0.717) is 5.56 Å². The Morgan fingerprint density at radius 2 is 1.75 bits per heavy atom. The number of fused-ring (bicyclic) bond motifs is 1. The van der Waals surface area contributed by atoms with Crippen molar-refractivity contribution < 1.29 is 9.90 Å². The number of phenolic OH excluding ortho intramolecular Hbond substituents is 1. The van der Waals surface area contributed by atoms with E-state index in [4.69, 9.17) is 0 Å². The highest BCUT2D eigenvalue weighted by molar-refractivity contribution is 6.07. The number of hydrogen-bond acceptors (Lipinski definition) is 3. The molecule has 0 saturated carbocycles. The summed E-state index contributed by atoms with van der Waals surface area (Å²) >= 11 is 0. The summed E-state index contributed by atoms with van der Waals surface area (Å²) in [6.07, 6.45) is 0. The molecule has 0 unspecified atom stereocenters. The predicted molar refractivity (Wildman–Crippen MR) is 78.8 cm³/mol.